The second-order valence-corrected chi connectivity index (χ2v) is 6.38. The molecule has 0 aromatic heterocycles. The minimum atomic E-state index is -3.58. The SMILES string of the molecule is Cc1ccc(CN)cc1NS(=O)(=O)c1ccccc1C. The molecule has 20 heavy (non-hydrogen) atoms. The van der Waals surface area contributed by atoms with Crippen molar-refractivity contribution in [1.29, 1.82) is 0 Å². The summed E-state index contributed by atoms with van der Waals surface area (Å²) < 4.78 is 27.5. The van der Waals surface area contributed by atoms with Gasteiger partial charge < -0.3 is 5.73 Å². The van der Waals surface area contributed by atoms with Crippen LogP contribution >= 0.6 is 0 Å². The third kappa shape index (κ3) is 3.00. The average Bonchev–Trinajstić information content (AvgIpc) is 2.41. The molecule has 0 fully saturated rings. The van der Waals surface area contributed by atoms with Crippen LogP contribution in [0, 0.1) is 13.8 Å². The second kappa shape index (κ2) is 5.64. The van der Waals surface area contributed by atoms with E-state index in [1.54, 1.807) is 31.2 Å². The van der Waals surface area contributed by atoms with E-state index >= 15 is 0 Å². The number of rotatable bonds is 4. The highest BCUT2D eigenvalue weighted by Gasteiger charge is 2.17. The van der Waals surface area contributed by atoms with Crippen LogP contribution in [0.1, 0.15) is 16.7 Å². The van der Waals surface area contributed by atoms with Crippen LogP contribution in [-0.2, 0) is 16.6 Å². The summed E-state index contributed by atoms with van der Waals surface area (Å²) >= 11 is 0. The topological polar surface area (TPSA) is 72.2 Å². The predicted octanol–water partition coefficient (Wildman–Crippen LogP) is 2.56. The molecule has 0 atom stereocenters. The Bertz CT molecular complexity index is 724. The van der Waals surface area contributed by atoms with E-state index in [9.17, 15) is 8.42 Å². The molecule has 0 amide bonds. The van der Waals surface area contributed by atoms with Crippen molar-refractivity contribution in [3.8, 4) is 0 Å². The van der Waals surface area contributed by atoms with Crippen molar-refractivity contribution < 1.29 is 8.42 Å². The Balaban J connectivity index is 2.41. The molecule has 0 heterocycles. The number of sulfonamides is 1. The van der Waals surface area contributed by atoms with Gasteiger partial charge in [0, 0.05) is 6.54 Å². The average molecular weight is 290 g/mol. The summed E-state index contributed by atoms with van der Waals surface area (Å²) in [4.78, 5) is 0.289. The van der Waals surface area contributed by atoms with E-state index in [0.29, 0.717) is 17.8 Å². The van der Waals surface area contributed by atoms with E-state index < -0.39 is 10.0 Å². The Hall–Kier alpha value is -1.85. The van der Waals surface area contributed by atoms with Crippen LogP contribution in [0.25, 0.3) is 0 Å². The zero-order valence-electron chi connectivity index (χ0n) is 11.6. The van der Waals surface area contributed by atoms with Crippen molar-refractivity contribution >= 4 is 15.7 Å². The van der Waals surface area contributed by atoms with Gasteiger partial charge >= 0.3 is 0 Å². The highest BCUT2D eigenvalue weighted by molar-refractivity contribution is 7.92. The molecular weight excluding hydrogens is 272 g/mol. The third-order valence-electron chi connectivity index (χ3n) is 3.17. The van der Waals surface area contributed by atoms with Crippen molar-refractivity contribution in [2.24, 2.45) is 5.73 Å². The molecule has 0 saturated carbocycles. The Morgan fingerprint density at radius 1 is 1.05 bits per heavy atom. The van der Waals surface area contributed by atoms with Gasteiger partial charge in [-0.1, -0.05) is 30.3 Å². The van der Waals surface area contributed by atoms with Crippen LogP contribution in [0.2, 0.25) is 0 Å². The van der Waals surface area contributed by atoms with E-state index in [0.717, 1.165) is 11.1 Å². The van der Waals surface area contributed by atoms with E-state index in [2.05, 4.69) is 4.72 Å². The monoisotopic (exact) mass is 290 g/mol. The number of nitrogens with two attached hydrogens (primary N) is 1. The molecular formula is C15H18N2O2S. The van der Waals surface area contributed by atoms with Gasteiger partial charge in [-0.3, -0.25) is 4.72 Å². The zero-order valence-corrected chi connectivity index (χ0v) is 12.4. The molecule has 5 heteroatoms. The maximum Gasteiger partial charge on any atom is 0.262 e. The first-order chi connectivity index (χ1) is 9.44. The van der Waals surface area contributed by atoms with E-state index in [4.69, 9.17) is 5.73 Å². The normalized spacial score (nSPS) is 11.3. The molecule has 0 saturated heterocycles. The van der Waals surface area contributed by atoms with Crippen LogP contribution in [-0.4, -0.2) is 8.42 Å². The summed E-state index contributed by atoms with van der Waals surface area (Å²) in [6.07, 6.45) is 0. The zero-order chi connectivity index (χ0) is 14.8. The van der Waals surface area contributed by atoms with E-state index in [1.807, 2.05) is 25.1 Å². The molecule has 0 spiro atoms. The minimum Gasteiger partial charge on any atom is -0.326 e. The lowest BCUT2D eigenvalue weighted by Crippen LogP contribution is -2.15. The summed E-state index contributed by atoms with van der Waals surface area (Å²) in [5.74, 6) is 0. The van der Waals surface area contributed by atoms with Gasteiger partial charge in [0.05, 0.1) is 10.6 Å². The van der Waals surface area contributed by atoms with Gasteiger partial charge in [0.2, 0.25) is 0 Å². The predicted molar refractivity (Wildman–Crippen MR) is 81.1 cm³/mol. The van der Waals surface area contributed by atoms with Crippen LogP contribution in [0.4, 0.5) is 5.69 Å². The number of aryl methyl sites for hydroxylation is 2. The number of nitrogens with one attached hydrogen (secondary N) is 1. The quantitative estimate of drug-likeness (QED) is 0.909. The Kier molecular flexibility index (Phi) is 4.11. The molecule has 4 nitrogen and oxygen atoms in total. The largest absolute Gasteiger partial charge is 0.326 e. The van der Waals surface area contributed by atoms with Crippen molar-refractivity contribution in [3.05, 3.63) is 59.2 Å². The molecule has 2 aromatic rings. The van der Waals surface area contributed by atoms with Crippen LogP contribution in [0.5, 0.6) is 0 Å². The summed E-state index contributed by atoms with van der Waals surface area (Å²) in [5, 5.41) is 0. The molecule has 0 aliphatic rings. The van der Waals surface area contributed by atoms with Crippen LogP contribution in [0.3, 0.4) is 0 Å². The molecule has 3 N–H and O–H groups in total. The first-order valence-corrected chi connectivity index (χ1v) is 7.80. The van der Waals surface area contributed by atoms with Gasteiger partial charge in [-0.05, 0) is 42.7 Å². The summed E-state index contributed by atoms with van der Waals surface area (Å²) in [5.41, 5.74) is 8.62. The summed E-state index contributed by atoms with van der Waals surface area (Å²) in [6.45, 7) is 4.01. The summed E-state index contributed by atoms with van der Waals surface area (Å²) in [7, 11) is -3.58. The van der Waals surface area contributed by atoms with Gasteiger partial charge in [0.1, 0.15) is 0 Å². The fourth-order valence-corrected chi connectivity index (χ4v) is 3.33. The van der Waals surface area contributed by atoms with Crippen LogP contribution < -0.4 is 10.5 Å². The maximum absolute atomic E-state index is 12.4. The van der Waals surface area contributed by atoms with Crippen molar-refractivity contribution in [2.75, 3.05) is 4.72 Å². The Morgan fingerprint density at radius 2 is 1.75 bits per heavy atom. The summed E-state index contributed by atoms with van der Waals surface area (Å²) in [6, 6.07) is 12.4. The van der Waals surface area contributed by atoms with Gasteiger partial charge in [-0.25, -0.2) is 8.42 Å². The number of anilines is 1. The van der Waals surface area contributed by atoms with Crippen molar-refractivity contribution in [2.45, 2.75) is 25.3 Å². The highest BCUT2D eigenvalue weighted by Crippen LogP contribution is 2.22. The van der Waals surface area contributed by atoms with Crippen molar-refractivity contribution in [1.82, 2.24) is 0 Å². The smallest absolute Gasteiger partial charge is 0.262 e. The molecule has 0 unspecified atom stereocenters. The highest BCUT2D eigenvalue weighted by atomic mass is 32.2. The number of hydrogen-bond donors (Lipinski definition) is 2. The van der Waals surface area contributed by atoms with Gasteiger partial charge in [-0.2, -0.15) is 0 Å². The fraction of sp³-hybridized carbons (Fsp3) is 0.200. The molecule has 0 aliphatic carbocycles. The van der Waals surface area contributed by atoms with E-state index in [-0.39, 0.29) is 4.90 Å². The lowest BCUT2D eigenvalue weighted by atomic mass is 10.1. The molecule has 106 valence electrons. The molecule has 2 rings (SSSR count). The van der Waals surface area contributed by atoms with Crippen molar-refractivity contribution in [3.63, 3.8) is 0 Å². The van der Waals surface area contributed by atoms with Gasteiger partial charge in [0.25, 0.3) is 10.0 Å². The fourth-order valence-electron chi connectivity index (χ4n) is 1.96. The lowest BCUT2D eigenvalue weighted by Gasteiger charge is -2.13. The van der Waals surface area contributed by atoms with E-state index in [1.165, 1.54) is 0 Å². The Morgan fingerprint density at radius 3 is 2.40 bits per heavy atom. The van der Waals surface area contributed by atoms with Gasteiger partial charge in [0.15, 0.2) is 0 Å². The van der Waals surface area contributed by atoms with Crippen LogP contribution in [0.15, 0.2) is 47.4 Å². The molecule has 2 aromatic carbocycles. The maximum atomic E-state index is 12.4. The lowest BCUT2D eigenvalue weighted by molar-refractivity contribution is 0.600. The third-order valence-corrected chi connectivity index (χ3v) is 4.69. The number of benzene rings is 2. The molecule has 0 aliphatic heterocycles. The first-order valence-electron chi connectivity index (χ1n) is 6.32. The Labute approximate surface area is 119 Å². The second-order valence-electron chi connectivity index (χ2n) is 4.72. The minimum absolute atomic E-state index is 0.289. The van der Waals surface area contributed by atoms with Gasteiger partial charge in [-0.15, -0.1) is 0 Å². The molecule has 0 bridgehead atoms. The first kappa shape index (κ1) is 14.6. The number of hydrogen-bond acceptors (Lipinski definition) is 3. The molecule has 0 radical (unpaired) electrons. The standard InChI is InChI=1S/C15H18N2O2S/c1-11-7-8-13(10-16)9-14(11)17-20(18,19)15-6-4-3-5-12(15)2/h3-9,17H,10,16H2,1-2H3.